The first-order chi connectivity index (χ1) is 13.0. The number of thioether (sulfide) groups is 1. The van der Waals surface area contributed by atoms with Crippen molar-refractivity contribution < 1.29 is 9.59 Å². The lowest BCUT2D eigenvalue weighted by Crippen LogP contribution is -2.42. The van der Waals surface area contributed by atoms with Gasteiger partial charge >= 0.3 is 0 Å². The number of likely N-dealkylation sites (tertiary alicyclic amines) is 1. The molecule has 2 unspecified atom stereocenters. The molecule has 0 aromatic carbocycles. The van der Waals surface area contributed by atoms with Gasteiger partial charge in [-0.15, -0.1) is 11.8 Å². The lowest BCUT2D eigenvalue weighted by molar-refractivity contribution is -0.141. The number of nitrogens with one attached hydrogen (secondary N) is 1. The Bertz CT molecular complexity index is 620. The SMILES string of the molecule is CCCC1=CC=C(NC(C)SC2CC(=O)N(C3CCC(C)CC3)C2=O)CC1. The average molecular weight is 391 g/mol. The van der Waals surface area contributed by atoms with E-state index in [0.717, 1.165) is 44.4 Å². The first kappa shape index (κ1) is 20.5. The number of carbonyl (C=O) groups excluding carboxylic acids is 2. The second kappa shape index (κ2) is 9.31. The van der Waals surface area contributed by atoms with Gasteiger partial charge in [0.15, 0.2) is 0 Å². The van der Waals surface area contributed by atoms with Crippen molar-refractivity contribution in [3.05, 3.63) is 23.4 Å². The average Bonchev–Trinajstić information content (AvgIpc) is 2.91. The maximum Gasteiger partial charge on any atom is 0.243 e. The van der Waals surface area contributed by atoms with Gasteiger partial charge < -0.3 is 5.32 Å². The van der Waals surface area contributed by atoms with Crippen molar-refractivity contribution in [1.82, 2.24) is 10.2 Å². The van der Waals surface area contributed by atoms with Crippen LogP contribution in [0.25, 0.3) is 0 Å². The maximum atomic E-state index is 12.9. The molecule has 4 nitrogen and oxygen atoms in total. The molecule has 27 heavy (non-hydrogen) atoms. The van der Waals surface area contributed by atoms with Gasteiger partial charge in [-0.3, -0.25) is 14.5 Å². The number of hydrogen-bond acceptors (Lipinski definition) is 4. The van der Waals surface area contributed by atoms with E-state index in [1.807, 2.05) is 0 Å². The zero-order valence-corrected chi connectivity index (χ0v) is 17.8. The van der Waals surface area contributed by atoms with Crippen molar-refractivity contribution in [1.29, 1.82) is 0 Å². The van der Waals surface area contributed by atoms with E-state index in [-0.39, 0.29) is 28.5 Å². The summed E-state index contributed by atoms with van der Waals surface area (Å²) >= 11 is 1.61. The highest BCUT2D eigenvalue weighted by Crippen LogP contribution is 2.34. The molecule has 5 heteroatoms. The Balaban J connectivity index is 1.52. The lowest BCUT2D eigenvalue weighted by Gasteiger charge is -2.32. The van der Waals surface area contributed by atoms with E-state index in [1.54, 1.807) is 16.7 Å². The van der Waals surface area contributed by atoms with Crippen molar-refractivity contribution in [2.24, 2.45) is 5.92 Å². The number of carbonyl (C=O) groups is 2. The summed E-state index contributed by atoms with van der Waals surface area (Å²) in [5.41, 5.74) is 2.77. The third-order valence-corrected chi connectivity index (χ3v) is 7.28. The molecule has 1 N–H and O–H groups in total. The summed E-state index contributed by atoms with van der Waals surface area (Å²) in [6, 6.07) is 0.137. The van der Waals surface area contributed by atoms with Gasteiger partial charge in [0.25, 0.3) is 0 Å². The Hall–Kier alpha value is -1.23. The minimum atomic E-state index is -0.227. The Morgan fingerprint density at radius 3 is 2.56 bits per heavy atom. The molecule has 2 aliphatic carbocycles. The van der Waals surface area contributed by atoms with Crippen molar-refractivity contribution in [3.8, 4) is 0 Å². The minimum absolute atomic E-state index is 0.0354. The first-order valence-electron chi connectivity index (χ1n) is 10.6. The number of amides is 2. The molecule has 150 valence electrons. The molecule has 0 aromatic heterocycles. The minimum Gasteiger partial charge on any atom is -0.377 e. The van der Waals surface area contributed by atoms with Crippen LogP contribution in [0.15, 0.2) is 23.4 Å². The van der Waals surface area contributed by atoms with Crippen LogP contribution in [0, 0.1) is 5.92 Å². The van der Waals surface area contributed by atoms with E-state index in [2.05, 4.69) is 38.2 Å². The standard InChI is InChI=1S/C22H34N2O2S/c1-4-5-17-8-10-18(11-9-17)23-16(3)27-20-14-21(25)24(22(20)26)19-12-6-15(2)7-13-19/h8,10,15-16,19-20,23H,4-7,9,11-14H2,1-3H3. The number of hydrogen-bond donors (Lipinski definition) is 1. The van der Waals surface area contributed by atoms with Crippen LogP contribution in [0.1, 0.15) is 78.6 Å². The molecule has 1 saturated heterocycles. The number of rotatable bonds is 7. The second-order valence-electron chi connectivity index (χ2n) is 8.40. The fourth-order valence-electron chi connectivity index (χ4n) is 4.48. The fourth-order valence-corrected chi connectivity index (χ4v) is 5.67. The molecule has 0 aromatic rings. The summed E-state index contributed by atoms with van der Waals surface area (Å²) in [6.07, 6.45) is 13.5. The van der Waals surface area contributed by atoms with Crippen LogP contribution in [-0.4, -0.2) is 33.4 Å². The number of imide groups is 1. The summed E-state index contributed by atoms with van der Waals surface area (Å²) in [5, 5.41) is 3.44. The molecule has 0 bridgehead atoms. The Labute approximate surface area is 168 Å². The summed E-state index contributed by atoms with van der Waals surface area (Å²) < 4.78 is 0. The highest BCUT2D eigenvalue weighted by Gasteiger charge is 2.43. The van der Waals surface area contributed by atoms with Gasteiger partial charge in [0.1, 0.15) is 0 Å². The van der Waals surface area contributed by atoms with Crippen LogP contribution < -0.4 is 5.32 Å². The van der Waals surface area contributed by atoms with Crippen molar-refractivity contribution in [2.45, 2.75) is 95.2 Å². The van der Waals surface area contributed by atoms with Crippen LogP contribution >= 0.6 is 11.8 Å². The lowest BCUT2D eigenvalue weighted by atomic mass is 9.87. The molecular weight excluding hydrogens is 356 g/mol. The monoisotopic (exact) mass is 390 g/mol. The molecule has 2 atom stereocenters. The Morgan fingerprint density at radius 2 is 1.93 bits per heavy atom. The predicted molar refractivity (Wildman–Crippen MR) is 112 cm³/mol. The van der Waals surface area contributed by atoms with Crippen LogP contribution in [0.5, 0.6) is 0 Å². The number of allylic oxidation sites excluding steroid dienone is 4. The molecule has 0 spiro atoms. The zero-order chi connectivity index (χ0) is 19.4. The number of nitrogens with zero attached hydrogens (tertiary/aromatic N) is 1. The van der Waals surface area contributed by atoms with Crippen LogP contribution in [-0.2, 0) is 9.59 Å². The smallest absolute Gasteiger partial charge is 0.243 e. The predicted octanol–water partition coefficient (Wildman–Crippen LogP) is 4.77. The summed E-state index contributed by atoms with van der Waals surface area (Å²) in [6.45, 7) is 6.57. The van der Waals surface area contributed by atoms with Crippen molar-refractivity contribution in [3.63, 3.8) is 0 Å². The van der Waals surface area contributed by atoms with Gasteiger partial charge in [-0.2, -0.15) is 0 Å². The summed E-state index contributed by atoms with van der Waals surface area (Å²) in [7, 11) is 0. The second-order valence-corrected chi connectivity index (χ2v) is 9.95. The van der Waals surface area contributed by atoms with Gasteiger partial charge in [0.2, 0.25) is 11.8 Å². The van der Waals surface area contributed by atoms with Gasteiger partial charge in [-0.1, -0.05) is 31.9 Å². The van der Waals surface area contributed by atoms with Gasteiger partial charge in [-0.25, -0.2) is 0 Å². The molecular formula is C22H34N2O2S. The van der Waals surface area contributed by atoms with Crippen LogP contribution in [0.3, 0.4) is 0 Å². The van der Waals surface area contributed by atoms with Gasteiger partial charge in [0.05, 0.1) is 10.6 Å². The Kier molecular flexibility index (Phi) is 7.07. The van der Waals surface area contributed by atoms with Gasteiger partial charge in [-0.05, 0) is 63.9 Å². The summed E-state index contributed by atoms with van der Waals surface area (Å²) in [5.74, 6) is 0.799. The third kappa shape index (κ3) is 5.18. The van der Waals surface area contributed by atoms with E-state index in [4.69, 9.17) is 0 Å². The molecule has 2 amide bonds. The first-order valence-corrected chi connectivity index (χ1v) is 11.6. The van der Waals surface area contributed by atoms with E-state index in [1.165, 1.54) is 24.1 Å². The van der Waals surface area contributed by atoms with Crippen LogP contribution in [0.2, 0.25) is 0 Å². The van der Waals surface area contributed by atoms with Crippen molar-refractivity contribution in [2.75, 3.05) is 0 Å². The topological polar surface area (TPSA) is 49.4 Å². The molecule has 3 rings (SSSR count). The maximum absolute atomic E-state index is 12.9. The zero-order valence-electron chi connectivity index (χ0n) is 17.0. The largest absolute Gasteiger partial charge is 0.377 e. The van der Waals surface area contributed by atoms with Crippen LogP contribution in [0.4, 0.5) is 0 Å². The molecule has 1 aliphatic heterocycles. The van der Waals surface area contributed by atoms with E-state index < -0.39 is 0 Å². The quantitative estimate of drug-likeness (QED) is 0.503. The van der Waals surface area contributed by atoms with Gasteiger partial charge in [0, 0.05) is 18.2 Å². The fraction of sp³-hybridized carbons (Fsp3) is 0.727. The molecule has 0 radical (unpaired) electrons. The van der Waals surface area contributed by atoms with E-state index in [9.17, 15) is 9.59 Å². The van der Waals surface area contributed by atoms with E-state index in [0.29, 0.717) is 6.42 Å². The molecule has 1 heterocycles. The van der Waals surface area contributed by atoms with E-state index >= 15 is 0 Å². The molecule has 3 aliphatic rings. The Morgan fingerprint density at radius 1 is 1.19 bits per heavy atom. The highest BCUT2D eigenvalue weighted by atomic mass is 32.2. The molecule has 2 fully saturated rings. The highest BCUT2D eigenvalue weighted by molar-refractivity contribution is 8.01. The normalized spacial score (nSPS) is 30.2. The third-order valence-electron chi connectivity index (χ3n) is 6.06. The van der Waals surface area contributed by atoms with Crippen molar-refractivity contribution >= 4 is 23.6 Å². The summed E-state index contributed by atoms with van der Waals surface area (Å²) in [4.78, 5) is 27.0. The molecule has 1 saturated carbocycles.